The first-order chi connectivity index (χ1) is 11.9. The summed E-state index contributed by atoms with van der Waals surface area (Å²) in [4.78, 5) is 10.5. The predicted molar refractivity (Wildman–Crippen MR) is 94.6 cm³/mol. The third-order valence-electron chi connectivity index (χ3n) is 3.31. The minimum Gasteiger partial charge on any atom is -0.481 e. The number of rotatable bonds is 9. The van der Waals surface area contributed by atoms with E-state index in [9.17, 15) is 13.2 Å². The maximum absolute atomic E-state index is 12.2. The fourth-order valence-electron chi connectivity index (χ4n) is 2.03. The van der Waals surface area contributed by atoms with Crippen LogP contribution in [0.5, 0.6) is 11.5 Å². The molecular formula is C17H18ClNO5S. The molecule has 0 spiro atoms. The van der Waals surface area contributed by atoms with Gasteiger partial charge in [0, 0.05) is 13.0 Å². The van der Waals surface area contributed by atoms with Crippen LogP contribution in [0.2, 0.25) is 5.02 Å². The molecule has 0 heterocycles. The Balaban J connectivity index is 1.94. The van der Waals surface area contributed by atoms with Crippen LogP contribution in [-0.2, 0) is 14.8 Å². The number of hydrogen-bond acceptors (Lipinski definition) is 4. The molecule has 25 heavy (non-hydrogen) atoms. The first-order valence-corrected chi connectivity index (χ1v) is 9.48. The number of aliphatic carboxylic acids is 1. The Morgan fingerprint density at radius 3 is 2.40 bits per heavy atom. The Bertz CT molecular complexity index is 821. The Morgan fingerprint density at radius 2 is 1.76 bits per heavy atom. The van der Waals surface area contributed by atoms with E-state index in [1.807, 2.05) is 0 Å². The van der Waals surface area contributed by atoms with Crippen molar-refractivity contribution in [2.45, 2.75) is 24.2 Å². The minimum atomic E-state index is -3.64. The Labute approximate surface area is 151 Å². The molecule has 2 aromatic carbocycles. The summed E-state index contributed by atoms with van der Waals surface area (Å²) in [5.74, 6) is 0.0572. The van der Waals surface area contributed by atoms with Crippen molar-refractivity contribution >= 4 is 27.6 Å². The van der Waals surface area contributed by atoms with Gasteiger partial charge in [-0.1, -0.05) is 23.7 Å². The van der Waals surface area contributed by atoms with E-state index >= 15 is 0 Å². The number of nitrogens with one attached hydrogen (secondary N) is 1. The maximum atomic E-state index is 12.2. The van der Waals surface area contributed by atoms with Gasteiger partial charge in [0.25, 0.3) is 0 Å². The van der Waals surface area contributed by atoms with Gasteiger partial charge in [-0.05, 0) is 49.2 Å². The molecule has 0 amide bonds. The molecule has 0 aliphatic carbocycles. The van der Waals surface area contributed by atoms with Crippen molar-refractivity contribution < 1.29 is 23.1 Å². The predicted octanol–water partition coefficient (Wildman–Crippen LogP) is 3.67. The van der Waals surface area contributed by atoms with E-state index in [2.05, 4.69) is 4.72 Å². The molecule has 134 valence electrons. The molecule has 0 aromatic heterocycles. The highest BCUT2D eigenvalue weighted by atomic mass is 35.5. The van der Waals surface area contributed by atoms with Crippen LogP contribution >= 0.6 is 11.6 Å². The number of ether oxygens (including phenoxy) is 1. The molecular weight excluding hydrogens is 366 g/mol. The van der Waals surface area contributed by atoms with Gasteiger partial charge < -0.3 is 9.84 Å². The first kappa shape index (κ1) is 19.2. The lowest BCUT2D eigenvalue weighted by Gasteiger charge is -2.09. The zero-order chi connectivity index (χ0) is 18.3. The lowest BCUT2D eigenvalue weighted by atomic mass is 10.2. The summed E-state index contributed by atoms with van der Waals surface area (Å²) in [5, 5.41) is 9.00. The second kappa shape index (κ2) is 8.84. The maximum Gasteiger partial charge on any atom is 0.303 e. The van der Waals surface area contributed by atoms with Crippen molar-refractivity contribution in [3.63, 3.8) is 0 Å². The highest BCUT2D eigenvalue weighted by Gasteiger charge is 2.13. The van der Waals surface area contributed by atoms with Gasteiger partial charge in [0.05, 0.1) is 9.92 Å². The normalized spacial score (nSPS) is 11.2. The summed E-state index contributed by atoms with van der Waals surface area (Å²) < 4.78 is 32.4. The number of unbranched alkanes of at least 4 members (excludes halogenated alkanes) is 1. The van der Waals surface area contributed by atoms with Crippen molar-refractivity contribution in [1.82, 2.24) is 4.72 Å². The molecule has 2 N–H and O–H groups in total. The molecule has 8 heteroatoms. The topological polar surface area (TPSA) is 92.7 Å². The van der Waals surface area contributed by atoms with Crippen LogP contribution in [-0.4, -0.2) is 26.0 Å². The van der Waals surface area contributed by atoms with E-state index in [4.69, 9.17) is 21.4 Å². The standard InChI is InChI=1S/C17H18ClNO5S/c18-15-5-1-2-6-16(15)24-13-8-10-14(11-9-13)25(22,23)19-12-4-3-7-17(20)21/h1-2,5-6,8-11,19H,3-4,7,12H2,(H,20,21). The average Bonchev–Trinajstić information content (AvgIpc) is 2.57. The van der Waals surface area contributed by atoms with E-state index in [0.717, 1.165) is 0 Å². The van der Waals surface area contributed by atoms with E-state index in [1.165, 1.54) is 12.1 Å². The second-order valence-corrected chi connectivity index (χ2v) is 7.43. The van der Waals surface area contributed by atoms with Gasteiger partial charge in [-0.15, -0.1) is 0 Å². The number of para-hydroxylation sites is 1. The van der Waals surface area contributed by atoms with E-state index in [0.29, 0.717) is 29.4 Å². The van der Waals surface area contributed by atoms with Crippen molar-refractivity contribution in [2.75, 3.05) is 6.54 Å². The number of carbonyl (C=O) groups is 1. The first-order valence-electron chi connectivity index (χ1n) is 7.62. The zero-order valence-corrected chi connectivity index (χ0v) is 14.9. The van der Waals surface area contributed by atoms with Crippen LogP contribution in [0.15, 0.2) is 53.4 Å². The van der Waals surface area contributed by atoms with Gasteiger partial charge in [-0.2, -0.15) is 0 Å². The Kier molecular flexibility index (Phi) is 6.81. The molecule has 0 fully saturated rings. The third kappa shape index (κ3) is 6.04. The van der Waals surface area contributed by atoms with Crippen molar-refractivity contribution in [2.24, 2.45) is 0 Å². The molecule has 0 atom stereocenters. The summed E-state index contributed by atoms with van der Waals surface area (Å²) in [6, 6.07) is 12.9. The van der Waals surface area contributed by atoms with Crippen LogP contribution in [0.25, 0.3) is 0 Å². The fourth-order valence-corrected chi connectivity index (χ4v) is 3.28. The number of benzene rings is 2. The lowest BCUT2D eigenvalue weighted by Crippen LogP contribution is -2.24. The molecule has 6 nitrogen and oxygen atoms in total. The Hall–Kier alpha value is -2.09. The van der Waals surface area contributed by atoms with Crippen LogP contribution in [0.3, 0.4) is 0 Å². The minimum absolute atomic E-state index is 0.0236. The number of sulfonamides is 1. The zero-order valence-electron chi connectivity index (χ0n) is 13.3. The molecule has 0 saturated heterocycles. The molecule has 0 saturated carbocycles. The molecule has 0 bridgehead atoms. The van der Waals surface area contributed by atoms with Crippen molar-refractivity contribution in [3.05, 3.63) is 53.6 Å². The number of halogens is 1. The summed E-state index contributed by atoms with van der Waals surface area (Å²) >= 11 is 6.01. The number of carboxylic acids is 1. The smallest absolute Gasteiger partial charge is 0.303 e. The molecule has 2 aromatic rings. The molecule has 0 unspecified atom stereocenters. The molecule has 0 aliphatic rings. The van der Waals surface area contributed by atoms with Gasteiger partial charge in [-0.3, -0.25) is 4.79 Å². The molecule has 0 aliphatic heterocycles. The molecule has 0 radical (unpaired) electrons. The van der Waals surface area contributed by atoms with Crippen molar-refractivity contribution in [3.8, 4) is 11.5 Å². The molecule has 2 rings (SSSR count). The highest BCUT2D eigenvalue weighted by molar-refractivity contribution is 7.89. The quantitative estimate of drug-likeness (QED) is 0.644. The van der Waals surface area contributed by atoms with Crippen LogP contribution in [0.1, 0.15) is 19.3 Å². The van der Waals surface area contributed by atoms with Gasteiger partial charge in [0.2, 0.25) is 10.0 Å². The second-order valence-electron chi connectivity index (χ2n) is 5.25. The van der Waals surface area contributed by atoms with E-state index in [-0.39, 0.29) is 17.9 Å². The lowest BCUT2D eigenvalue weighted by molar-refractivity contribution is -0.137. The van der Waals surface area contributed by atoms with Crippen molar-refractivity contribution in [1.29, 1.82) is 0 Å². The Morgan fingerprint density at radius 1 is 1.08 bits per heavy atom. The summed E-state index contributed by atoms with van der Waals surface area (Å²) in [6.45, 7) is 0.188. The van der Waals surface area contributed by atoms with Crippen LogP contribution < -0.4 is 9.46 Å². The van der Waals surface area contributed by atoms with Crippen LogP contribution in [0, 0.1) is 0 Å². The average molecular weight is 384 g/mol. The monoisotopic (exact) mass is 383 g/mol. The van der Waals surface area contributed by atoms with Gasteiger partial charge >= 0.3 is 5.97 Å². The fraction of sp³-hybridized carbons (Fsp3) is 0.235. The number of carboxylic acid groups (broad SMARTS) is 1. The van der Waals surface area contributed by atoms with Crippen LogP contribution in [0.4, 0.5) is 0 Å². The summed E-state index contributed by atoms with van der Waals surface area (Å²) in [5.41, 5.74) is 0. The number of hydrogen-bond donors (Lipinski definition) is 2. The van der Waals surface area contributed by atoms with E-state index in [1.54, 1.807) is 36.4 Å². The highest BCUT2D eigenvalue weighted by Crippen LogP contribution is 2.29. The van der Waals surface area contributed by atoms with E-state index < -0.39 is 16.0 Å². The third-order valence-corrected chi connectivity index (χ3v) is 5.10. The summed E-state index contributed by atoms with van der Waals surface area (Å²) in [6.07, 6.45) is 0.900. The summed E-state index contributed by atoms with van der Waals surface area (Å²) in [7, 11) is -3.64. The SMILES string of the molecule is O=C(O)CCCCNS(=O)(=O)c1ccc(Oc2ccccc2Cl)cc1. The largest absolute Gasteiger partial charge is 0.481 e. The van der Waals surface area contributed by atoms with Gasteiger partial charge in [-0.25, -0.2) is 13.1 Å². The van der Waals surface area contributed by atoms with Gasteiger partial charge in [0.15, 0.2) is 0 Å². The van der Waals surface area contributed by atoms with Gasteiger partial charge in [0.1, 0.15) is 11.5 Å².